The predicted octanol–water partition coefficient (Wildman–Crippen LogP) is 4.41. The van der Waals surface area contributed by atoms with E-state index in [2.05, 4.69) is 67.1 Å². The maximum atomic E-state index is 3.61. The Kier molecular flexibility index (Phi) is 3.06. The molecule has 62 valence electrons. The number of rotatable bonds is 1. The number of halogens is 2. The maximum absolute atomic E-state index is 3.61. The molecule has 0 saturated heterocycles. The Morgan fingerprint density at radius 2 is 1.55 bits per heavy atom. The van der Waals surface area contributed by atoms with Crippen molar-refractivity contribution in [2.45, 2.75) is 11.8 Å². The lowest BCUT2D eigenvalue weighted by molar-refractivity contribution is 1.38. The van der Waals surface area contributed by atoms with E-state index in [0.29, 0.717) is 0 Å². The zero-order valence-corrected chi connectivity index (χ0v) is 10.5. The van der Waals surface area contributed by atoms with Crippen molar-refractivity contribution in [1.82, 2.24) is 0 Å². The van der Waals surface area contributed by atoms with Crippen LogP contribution >= 0.6 is 36.5 Å². The smallest absolute Gasteiger partial charge is 0.00885 e. The topological polar surface area (TPSA) is 0 Å². The van der Waals surface area contributed by atoms with Gasteiger partial charge >= 0.3 is 0 Å². The molecule has 0 saturated carbocycles. The van der Waals surface area contributed by atoms with Gasteiger partial charge in [0, 0.05) is 4.90 Å². The molecule has 0 fully saturated rings. The summed E-state index contributed by atoms with van der Waals surface area (Å²) in [6.07, 6.45) is 2.15. The molecule has 0 N–H and O–H groups in total. The maximum Gasteiger partial charge on any atom is 0.00885 e. The van der Waals surface area contributed by atoms with Crippen molar-refractivity contribution in [2.24, 2.45) is 0 Å². The Morgan fingerprint density at radius 3 is 1.91 bits per heavy atom. The van der Waals surface area contributed by atoms with Gasteiger partial charge in [0.25, 0.3) is 0 Å². The second kappa shape index (κ2) is 3.50. The van der Waals surface area contributed by atoms with E-state index in [1.54, 1.807) is 0 Å². The molecule has 0 aliphatic rings. The molecular weight excluding hydrogens is 288 g/mol. The van der Waals surface area contributed by atoms with Gasteiger partial charge in [0.1, 0.15) is 0 Å². The van der Waals surface area contributed by atoms with Gasteiger partial charge in [-0.1, -0.05) is 17.7 Å². The number of aryl methyl sites for hydroxylation is 1. The van der Waals surface area contributed by atoms with Crippen molar-refractivity contribution in [3.05, 3.63) is 29.8 Å². The first-order valence-corrected chi connectivity index (χ1v) is 8.97. The summed E-state index contributed by atoms with van der Waals surface area (Å²) in [5.41, 5.74) is 1.30. The fourth-order valence-corrected chi connectivity index (χ4v) is 2.69. The molecule has 0 aromatic heterocycles. The molecule has 1 aromatic carbocycles. The molecular formula is C8H10Br2S. The van der Waals surface area contributed by atoms with Crippen molar-refractivity contribution < 1.29 is 0 Å². The van der Waals surface area contributed by atoms with Crippen LogP contribution in [0.4, 0.5) is 0 Å². The molecule has 0 nitrogen and oxygen atoms in total. The van der Waals surface area contributed by atoms with Crippen molar-refractivity contribution >= 4 is 36.5 Å². The summed E-state index contributed by atoms with van der Waals surface area (Å²) < 4.78 is 0. The fraction of sp³-hybridized carbons (Fsp3) is 0.250. The van der Waals surface area contributed by atoms with E-state index >= 15 is 0 Å². The third-order valence-corrected chi connectivity index (χ3v) is 4.78. The monoisotopic (exact) mass is 296 g/mol. The van der Waals surface area contributed by atoms with E-state index in [-0.39, 0.29) is 0 Å². The quantitative estimate of drug-likeness (QED) is 0.720. The van der Waals surface area contributed by atoms with Crippen LogP contribution in [0.1, 0.15) is 5.56 Å². The Balaban J connectivity index is 2.99. The minimum atomic E-state index is -0.895. The third kappa shape index (κ3) is 2.80. The lowest BCUT2D eigenvalue weighted by Crippen LogP contribution is -1.79. The molecule has 3 heteroatoms. The molecule has 0 aliphatic heterocycles. The molecule has 11 heavy (non-hydrogen) atoms. The molecule has 1 aromatic rings. The van der Waals surface area contributed by atoms with Crippen LogP contribution in [-0.4, -0.2) is 6.26 Å². The Hall–Kier alpha value is 0.530. The summed E-state index contributed by atoms with van der Waals surface area (Å²) in [4.78, 5) is 1.32. The minimum absolute atomic E-state index is 0.895. The van der Waals surface area contributed by atoms with Gasteiger partial charge < -0.3 is 0 Å². The average Bonchev–Trinajstić information content (AvgIpc) is 1.86. The molecule has 0 aliphatic carbocycles. The van der Waals surface area contributed by atoms with E-state index in [4.69, 9.17) is 0 Å². The summed E-state index contributed by atoms with van der Waals surface area (Å²) in [5.74, 6) is 0. The van der Waals surface area contributed by atoms with Gasteiger partial charge in [-0.3, -0.25) is 0 Å². The van der Waals surface area contributed by atoms with E-state index in [0.717, 1.165) is 0 Å². The fourth-order valence-electron chi connectivity index (χ4n) is 0.777. The van der Waals surface area contributed by atoms with Crippen LogP contribution in [0, 0.1) is 6.92 Å². The lowest BCUT2D eigenvalue weighted by Gasteiger charge is -2.19. The summed E-state index contributed by atoms with van der Waals surface area (Å²) in [7, 11) is 0. The zero-order valence-electron chi connectivity index (χ0n) is 6.47. The van der Waals surface area contributed by atoms with Crippen LogP contribution in [-0.2, 0) is 0 Å². The van der Waals surface area contributed by atoms with Gasteiger partial charge in [0.2, 0.25) is 0 Å². The first kappa shape index (κ1) is 9.62. The number of hydrogen-bond donors (Lipinski definition) is 0. The van der Waals surface area contributed by atoms with E-state index in [9.17, 15) is 0 Å². The highest BCUT2D eigenvalue weighted by molar-refractivity contribution is 9.91. The standard InChI is InChI=1S/C8H10Br2S/c1-7-3-5-8(6-4-7)11(2,9)10/h3-6H,1-2H3. The highest BCUT2D eigenvalue weighted by atomic mass is 79.9. The molecule has 0 bridgehead atoms. The largest absolute Gasteiger partial charge is 0.100 e. The van der Waals surface area contributed by atoms with Gasteiger partial charge in [-0.2, -0.15) is 0 Å². The van der Waals surface area contributed by atoms with E-state index in [1.165, 1.54) is 10.5 Å². The lowest BCUT2D eigenvalue weighted by atomic mass is 10.2. The average molecular weight is 298 g/mol. The van der Waals surface area contributed by atoms with Crippen molar-refractivity contribution in [2.75, 3.05) is 6.26 Å². The summed E-state index contributed by atoms with van der Waals surface area (Å²) >= 11 is 7.22. The second-order valence-electron chi connectivity index (χ2n) is 2.54. The van der Waals surface area contributed by atoms with Crippen LogP contribution in [0.15, 0.2) is 29.2 Å². The van der Waals surface area contributed by atoms with Crippen molar-refractivity contribution in [3.63, 3.8) is 0 Å². The zero-order chi connectivity index (χ0) is 8.48. The first-order valence-electron chi connectivity index (χ1n) is 3.24. The molecule has 0 unspecified atom stereocenters. The Labute approximate surface area is 84.1 Å². The Morgan fingerprint density at radius 1 is 1.09 bits per heavy atom. The van der Waals surface area contributed by atoms with Crippen molar-refractivity contribution in [1.29, 1.82) is 0 Å². The highest BCUT2D eigenvalue weighted by Gasteiger charge is 2.10. The summed E-state index contributed by atoms with van der Waals surface area (Å²) in [5, 5.41) is 0. The van der Waals surface area contributed by atoms with Gasteiger partial charge in [0.05, 0.1) is 0 Å². The normalized spacial score (nSPS) is 13.1. The van der Waals surface area contributed by atoms with Crippen LogP contribution in [0.5, 0.6) is 0 Å². The van der Waals surface area contributed by atoms with Crippen LogP contribution in [0.3, 0.4) is 0 Å². The molecule has 0 spiro atoms. The summed E-state index contributed by atoms with van der Waals surface area (Å²) in [6, 6.07) is 8.55. The SMILES string of the molecule is Cc1ccc(S(C)(Br)Br)cc1. The molecule has 0 amide bonds. The highest BCUT2D eigenvalue weighted by Crippen LogP contribution is 2.65. The summed E-state index contributed by atoms with van der Waals surface area (Å²) in [6.45, 7) is 1.20. The van der Waals surface area contributed by atoms with Gasteiger partial charge in [-0.15, -0.1) is 6.89 Å². The van der Waals surface area contributed by atoms with Crippen molar-refractivity contribution in [3.8, 4) is 0 Å². The minimum Gasteiger partial charge on any atom is -0.100 e. The molecule has 0 heterocycles. The van der Waals surface area contributed by atoms with Crippen LogP contribution in [0.2, 0.25) is 0 Å². The second-order valence-corrected chi connectivity index (χ2v) is 14.8. The Bertz CT molecular complexity index is 235. The first-order chi connectivity index (χ1) is 5.00. The van der Waals surface area contributed by atoms with Crippen LogP contribution in [0.25, 0.3) is 0 Å². The van der Waals surface area contributed by atoms with E-state index in [1.807, 2.05) is 0 Å². The van der Waals surface area contributed by atoms with Gasteiger partial charge in [-0.05, 0) is 54.9 Å². The number of hydrogen-bond acceptors (Lipinski definition) is 0. The number of benzene rings is 1. The molecule has 1 rings (SSSR count). The van der Waals surface area contributed by atoms with Crippen LogP contribution < -0.4 is 0 Å². The van der Waals surface area contributed by atoms with E-state index < -0.39 is 6.89 Å². The molecule has 0 atom stereocenters. The van der Waals surface area contributed by atoms with Gasteiger partial charge in [0.15, 0.2) is 0 Å². The third-order valence-electron chi connectivity index (χ3n) is 1.43. The van der Waals surface area contributed by atoms with Gasteiger partial charge in [-0.25, -0.2) is 0 Å². The molecule has 0 radical (unpaired) electrons. The predicted molar refractivity (Wildman–Crippen MR) is 60.8 cm³/mol.